The molecule has 0 aromatic carbocycles. The largest absolute Gasteiger partial charge is 0.489 e. The summed E-state index contributed by atoms with van der Waals surface area (Å²) in [4.78, 5) is 6.08. The van der Waals surface area contributed by atoms with E-state index in [1.54, 1.807) is 7.11 Å². The summed E-state index contributed by atoms with van der Waals surface area (Å²) in [6, 6.07) is 1.30. The van der Waals surface area contributed by atoms with Gasteiger partial charge in [-0.15, -0.1) is 0 Å². The van der Waals surface area contributed by atoms with E-state index in [1.807, 2.05) is 11.9 Å². The number of aromatic nitrogens is 1. The SMILES string of the molecule is COCCOc1cnc(CN(C)C(CO)CC(C)(C)C)c(F)c1. The molecule has 1 heterocycles. The number of aliphatic hydroxyl groups is 1. The molecule has 1 rings (SSSR count). The van der Waals surface area contributed by atoms with Gasteiger partial charge in [0.15, 0.2) is 0 Å². The van der Waals surface area contributed by atoms with Crippen molar-refractivity contribution in [2.24, 2.45) is 5.41 Å². The van der Waals surface area contributed by atoms with Crippen LogP contribution in [0, 0.1) is 11.2 Å². The number of hydrogen-bond donors (Lipinski definition) is 1. The molecule has 1 atom stereocenters. The predicted molar refractivity (Wildman–Crippen MR) is 88.0 cm³/mol. The first-order chi connectivity index (χ1) is 10.8. The second kappa shape index (κ2) is 9.15. The summed E-state index contributed by atoms with van der Waals surface area (Å²) in [5.41, 5.74) is 0.436. The monoisotopic (exact) mass is 328 g/mol. The first-order valence-corrected chi connectivity index (χ1v) is 7.84. The molecule has 0 spiro atoms. The topological polar surface area (TPSA) is 54.8 Å². The maximum atomic E-state index is 14.2. The molecule has 0 bridgehead atoms. The highest BCUT2D eigenvalue weighted by molar-refractivity contribution is 5.21. The highest BCUT2D eigenvalue weighted by Crippen LogP contribution is 2.24. The first-order valence-electron chi connectivity index (χ1n) is 7.84. The Morgan fingerprint density at radius 3 is 2.57 bits per heavy atom. The first kappa shape index (κ1) is 19.8. The van der Waals surface area contributed by atoms with Gasteiger partial charge in [0, 0.05) is 25.8 Å². The molecule has 0 aliphatic carbocycles. The van der Waals surface area contributed by atoms with Crippen LogP contribution in [0.25, 0.3) is 0 Å². The van der Waals surface area contributed by atoms with Crippen molar-refractivity contribution in [3.63, 3.8) is 0 Å². The van der Waals surface area contributed by atoms with E-state index in [9.17, 15) is 9.50 Å². The van der Waals surface area contributed by atoms with Crippen LogP contribution in [0.2, 0.25) is 0 Å². The van der Waals surface area contributed by atoms with Crippen molar-refractivity contribution in [1.82, 2.24) is 9.88 Å². The highest BCUT2D eigenvalue weighted by atomic mass is 19.1. The van der Waals surface area contributed by atoms with Crippen molar-refractivity contribution in [2.75, 3.05) is 34.0 Å². The smallest absolute Gasteiger partial charge is 0.149 e. The van der Waals surface area contributed by atoms with Gasteiger partial charge in [-0.3, -0.25) is 9.88 Å². The van der Waals surface area contributed by atoms with Gasteiger partial charge in [-0.1, -0.05) is 20.8 Å². The normalized spacial score (nSPS) is 13.4. The van der Waals surface area contributed by atoms with Crippen LogP contribution in [0.1, 0.15) is 32.9 Å². The van der Waals surface area contributed by atoms with E-state index in [4.69, 9.17) is 9.47 Å². The van der Waals surface area contributed by atoms with Gasteiger partial charge in [-0.05, 0) is 18.9 Å². The molecule has 1 N–H and O–H groups in total. The Balaban J connectivity index is 2.68. The molecule has 0 saturated heterocycles. The van der Waals surface area contributed by atoms with Gasteiger partial charge in [-0.2, -0.15) is 0 Å². The second-order valence-corrected chi connectivity index (χ2v) is 6.96. The Bertz CT molecular complexity index is 477. The molecule has 0 saturated carbocycles. The van der Waals surface area contributed by atoms with E-state index in [-0.39, 0.29) is 18.1 Å². The highest BCUT2D eigenvalue weighted by Gasteiger charge is 2.22. The maximum absolute atomic E-state index is 14.2. The third kappa shape index (κ3) is 7.24. The van der Waals surface area contributed by atoms with Crippen LogP contribution in [-0.2, 0) is 11.3 Å². The molecule has 6 heteroatoms. The van der Waals surface area contributed by atoms with Crippen molar-refractivity contribution in [3.05, 3.63) is 23.8 Å². The Morgan fingerprint density at radius 2 is 2.04 bits per heavy atom. The lowest BCUT2D eigenvalue weighted by Gasteiger charge is -2.31. The number of nitrogens with zero attached hydrogens (tertiary/aromatic N) is 2. The third-order valence-electron chi connectivity index (χ3n) is 3.53. The van der Waals surface area contributed by atoms with Gasteiger partial charge < -0.3 is 14.6 Å². The standard InChI is InChI=1S/C17H29FN2O3/c1-17(2,3)9-13(12-21)20(4)11-16-15(18)8-14(10-19-16)23-7-6-22-5/h8,10,13,21H,6-7,9,11-12H2,1-5H3. The van der Waals surface area contributed by atoms with Crippen molar-refractivity contribution >= 4 is 0 Å². The summed E-state index contributed by atoms with van der Waals surface area (Å²) in [5.74, 6) is -0.0152. The lowest BCUT2D eigenvalue weighted by molar-refractivity contribution is 0.104. The van der Waals surface area contributed by atoms with Crippen LogP contribution in [-0.4, -0.2) is 55.0 Å². The summed E-state index contributed by atoms with van der Waals surface area (Å²) in [6.45, 7) is 7.53. The van der Waals surface area contributed by atoms with Crippen molar-refractivity contribution < 1.29 is 19.0 Å². The van der Waals surface area contributed by atoms with Crippen LogP contribution >= 0.6 is 0 Å². The Labute approximate surface area is 138 Å². The van der Waals surface area contributed by atoms with Gasteiger partial charge >= 0.3 is 0 Å². The fourth-order valence-corrected chi connectivity index (χ4v) is 2.32. The minimum atomic E-state index is -0.404. The molecule has 1 aromatic rings. The lowest BCUT2D eigenvalue weighted by atomic mass is 9.88. The van der Waals surface area contributed by atoms with Crippen molar-refractivity contribution in [1.29, 1.82) is 0 Å². The Hall–Kier alpha value is -1.24. The Kier molecular flexibility index (Phi) is 7.88. The third-order valence-corrected chi connectivity index (χ3v) is 3.53. The second-order valence-electron chi connectivity index (χ2n) is 6.96. The fourth-order valence-electron chi connectivity index (χ4n) is 2.32. The van der Waals surface area contributed by atoms with E-state index >= 15 is 0 Å². The number of rotatable bonds is 9. The number of halogens is 1. The molecule has 5 nitrogen and oxygen atoms in total. The maximum Gasteiger partial charge on any atom is 0.149 e. The number of likely N-dealkylation sites (N-methyl/N-ethyl adjacent to an activating group) is 1. The summed E-state index contributed by atoms with van der Waals surface area (Å²) in [5, 5.41) is 9.58. The zero-order valence-corrected chi connectivity index (χ0v) is 14.8. The number of methoxy groups -OCH3 is 1. The molecule has 1 unspecified atom stereocenters. The van der Waals surface area contributed by atoms with Gasteiger partial charge in [-0.25, -0.2) is 4.39 Å². The van der Waals surface area contributed by atoms with Crippen molar-refractivity contribution in [3.8, 4) is 5.75 Å². The van der Waals surface area contributed by atoms with Crippen LogP contribution in [0.3, 0.4) is 0 Å². The molecule has 0 fully saturated rings. The summed E-state index contributed by atoms with van der Waals surface area (Å²) < 4.78 is 24.4. The molecular weight excluding hydrogens is 299 g/mol. The van der Waals surface area contributed by atoms with Gasteiger partial charge in [0.1, 0.15) is 18.2 Å². The van der Waals surface area contributed by atoms with Gasteiger partial charge in [0.2, 0.25) is 0 Å². The molecule has 23 heavy (non-hydrogen) atoms. The zero-order valence-electron chi connectivity index (χ0n) is 14.8. The molecule has 1 aromatic heterocycles. The molecule has 0 aliphatic heterocycles. The molecule has 132 valence electrons. The minimum Gasteiger partial charge on any atom is -0.489 e. The van der Waals surface area contributed by atoms with E-state index < -0.39 is 5.82 Å². The molecule has 0 amide bonds. The van der Waals surface area contributed by atoms with Gasteiger partial charge in [0.25, 0.3) is 0 Å². The molecule has 0 aliphatic rings. The minimum absolute atomic E-state index is 0.0335. The summed E-state index contributed by atoms with van der Waals surface area (Å²) >= 11 is 0. The van der Waals surface area contributed by atoms with Crippen molar-refractivity contribution in [2.45, 2.75) is 39.8 Å². The quantitative estimate of drug-likeness (QED) is 0.706. The number of pyridine rings is 1. The van der Waals surface area contributed by atoms with Crippen LogP contribution < -0.4 is 4.74 Å². The zero-order chi connectivity index (χ0) is 17.5. The number of aliphatic hydroxyl groups excluding tert-OH is 1. The predicted octanol–water partition coefficient (Wildman–Crippen LogP) is 2.47. The summed E-state index contributed by atoms with van der Waals surface area (Å²) in [6.07, 6.45) is 2.33. The average Bonchev–Trinajstić information content (AvgIpc) is 2.46. The van der Waals surface area contributed by atoms with Gasteiger partial charge in [0.05, 0.1) is 25.1 Å². The van der Waals surface area contributed by atoms with Crippen LogP contribution in [0.5, 0.6) is 5.75 Å². The van der Waals surface area contributed by atoms with Crippen LogP contribution in [0.15, 0.2) is 12.3 Å². The molecular formula is C17H29FN2O3. The lowest BCUT2D eigenvalue weighted by Crippen LogP contribution is -2.37. The van der Waals surface area contributed by atoms with E-state index in [1.165, 1.54) is 12.3 Å². The van der Waals surface area contributed by atoms with E-state index in [0.717, 1.165) is 6.42 Å². The Morgan fingerprint density at radius 1 is 1.35 bits per heavy atom. The van der Waals surface area contributed by atoms with E-state index in [0.29, 0.717) is 31.2 Å². The van der Waals surface area contributed by atoms with Crippen LogP contribution in [0.4, 0.5) is 4.39 Å². The number of ether oxygens (including phenoxy) is 2. The average molecular weight is 328 g/mol. The fraction of sp³-hybridized carbons (Fsp3) is 0.706. The van der Waals surface area contributed by atoms with E-state index in [2.05, 4.69) is 25.8 Å². The number of hydrogen-bond acceptors (Lipinski definition) is 5. The summed E-state index contributed by atoms with van der Waals surface area (Å²) in [7, 11) is 3.45. The molecule has 0 radical (unpaired) electrons.